The van der Waals surface area contributed by atoms with Gasteiger partial charge in [-0.25, -0.2) is 0 Å². The molecule has 0 saturated heterocycles. The minimum Gasteiger partial charge on any atom is -0.372 e. The van der Waals surface area contributed by atoms with E-state index in [2.05, 4.69) is 16.5 Å². The van der Waals surface area contributed by atoms with Crippen LogP contribution < -0.4 is 5.32 Å². The third-order valence-corrected chi connectivity index (χ3v) is 0.537. The van der Waals surface area contributed by atoms with Gasteiger partial charge in [0, 0.05) is 6.20 Å². The molecule has 2 heteroatoms. The fourth-order valence-corrected chi connectivity index (χ4v) is 0.293. The van der Waals surface area contributed by atoms with Gasteiger partial charge in [0.05, 0.1) is 6.21 Å². The van der Waals surface area contributed by atoms with Gasteiger partial charge in [-0.1, -0.05) is 0 Å². The average molecular weight is 81.1 g/mol. The lowest BCUT2D eigenvalue weighted by Crippen LogP contribution is -2.06. The zero-order valence-electron chi connectivity index (χ0n) is 3.31. The van der Waals surface area contributed by atoms with Crippen molar-refractivity contribution in [3.63, 3.8) is 0 Å². The predicted molar refractivity (Wildman–Crippen MR) is 24.6 cm³/mol. The molecule has 0 aromatic heterocycles. The van der Waals surface area contributed by atoms with Gasteiger partial charge in [-0.2, -0.15) is 0 Å². The number of rotatable bonds is 0. The van der Waals surface area contributed by atoms with E-state index in [1.165, 1.54) is 0 Å². The summed E-state index contributed by atoms with van der Waals surface area (Å²) in [6.45, 7) is 0.677. The van der Waals surface area contributed by atoms with Crippen molar-refractivity contribution in [2.45, 2.75) is 0 Å². The molecule has 1 heterocycles. The van der Waals surface area contributed by atoms with Crippen LogP contribution in [0.3, 0.4) is 0 Å². The van der Waals surface area contributed by atoms with E-state index in [9.17, 15) is 0 Å². The van der Waals surface area contributed by atoms with Crippen LogP contribution in [-0.2, 0) is 0 Å². The Hall–Kier alpha value is -0.790. The summed E-state index contributed by atoms with van der Waals surface area (Å²) in [6.07, 6.45) is 6.22. The number of aliphatic imine (C=N–C) groups is 1. The maximum Gasteiger partial charge on any atom is 0.108 e. The second-order valence-electron chi connectivity index (χ2n) is 0.983. The highest BCUT2D eigenvalue weighted by Gasteiger charge is 1.75. The summed E-state index contributed by atoms with van der Waals surface area (Å²) >= 11 is 0. The Morgan fingerprint density at radius 2 is 2.83 bits per heavy atom. The van der Waals surface area contributed by atoms with E-state index in [1.807, 2.05) is 6.20 Å². The molecule has 1 radical (unpaired) electrons. The number of hydrogen-bond donors (Lipinski definition) is 1. The molecule has 2 nitrogen and oxygen atoms in total. The van der Waals surface area contributed by atoms with Gasteiger partial charge in [-0.15, -0.1) is 0 Å². The minimum atomic E-state index is 0.677. The van der Waals surface area contributed by atoms with Crippen molar-refractivity contribution < 1.29 is 0 Å². The third-order valence-electron chi connectivity index (χ3n) is 0.537. The van der Waals surface area contributed by atoms with Gasteiger partial charge >= 0.3 is 0 Å². The van der Waals surface area contributed by atoms with Crippen LogP contribution >= 0.6 is 0 Å². The Kier molecular flexibility index (Phi) is 0.906. The third kappa shape index (κ3) is 0.578. The van der Waals surface area contributed by atoms with E-state index in [0.29, 0.717) is 6.67 Å². The van der Waals surface area contributed by atoms with Gasteiger partial charge in [-0.05, 0) is 6.08 Å². The van der Waals surface area contributed by atoms with E-state index in [-0.39, 0.29) is 0 Å². The maximum absolute atomic E-state index is 3.73. The van der Waals surface area contributed by atoms with Gasteiger partial charge in [0.2, 0.25) is 0 Å². The molecule has 1 aliphatic rings. The van der Waals surface area contributed by atoms with Gasteiger partial charge in [-0.3, -0.25) is 4.99 Å². The molecule has 1 aliphatic heterocycles. The Morgan fingerprint density at radius 3 is 3.00 bits per heavy atom. The molecule has 0 fully saturated rings. The summed E-state index contributed by atoms with van der Waals surface area (Å²) in [5.41, 5.74) is 0. The highest BCUT2D eigenvalue weighted by molar-refractivity contribution is 5.71. The number of allylic oxidation sites excluding steroid dienone is 1. The lowest BCUT2D eigenvalue weighted by Gasteiger charge is -1.93. The molecule has 0 spiro atoms. The summed E-state index contributed by atoms with van der Waals surface area (Å²) in [4.78, 5) is 3.73. The van der Waals surface area contributed by atoms with Crippen LogP contribution in [0.2, 0.25) is 0 Å². The SMILES string of the molecule is [C]1=NCNC=C1. The zero-order valence-corrected chi connectivity index (χ0v) is 3.31. The number of hydrogen-bond acceptors (Lipinski definition) is 2. The van der Waals surface area contributed by atoms with Crippen molar-refractivity contribution in [1.82, 2.24) is 5.32 Å². The van der Waals surface area contributed by atoms with Gasteiger partial charge in [0.15, 0.2) is 0 Å². The number of nitrogens with zero attached hydrogens (tertiary/aromatic N) is 1. The molecule has 0 unspecified atom stereocenters. The van der Waals surface area contributed by atoms with Crippen LogP contribution in [-0.4, -0.2) is 12.9 Å². The van der Waals surface area contributed by atoms with E-state index < -0.39 is 0 Å². The summed E-state index contributed by atoms with van der Waals surface area (Å²) in [6, 6.07) is 0. The largest absolute Gasteiger partial charge is 0.372 e. The lowest BCUT2D eigenvalue weighted by molar-refractivity contribution is 0.879. The first-order valence-electron chi connectivity index (χ1n) is 1.80. The summed E-state index contributed by atoms with van der Waals surface area (Å²) in [5, 5.41) is 2.88. The Balaban J connectivity index is 2.46. The van der Waals surface area contributed by atoms with Gasteiger partial charge < -0.3 is 5.32 Å². The van der Waals surface area contributed by atoms with Gasteiger partial charge in [0.25, 0.3) is 0 Å². The van der Waals surface area contributed by atoms with E-state index in [0.717, 1.165) is 0 Å². The Bertz CT molecular complexity index is 71.5. The van der Waals surface area contributed by atoms with Crippen molar-refractivity contribution in [3.8, 4) is 0 Å². The normalized spacial score (nSPS) is 17.3. The van der Waals surface area contributed by atoms with Crippen molar-refractivity contribution in [2.24, 2.45) is 4.99 Å². The maximum atomic E-state index is 3.73. The first kappa shape index (κ1) is 3.40. The first-order valence-corrected chi connectivity index (χ1v) is 1.80. The number of nitrogens with one attached hydrogen (secondary N) is 1. The van der Waals surface area contributed by atoms with E-state index >= 15 is 0 Å². The summed E-state index contributed by atoms with van der Waals surface area (Å²) in [5.74, 6) is 0. The zero-order chi connectivity index (χ0) is 4.24. The van der Waals surface area contributed by atoms with Crippen molar-refractivity contribution in [1.29, 1.82) is 0 Å². The van der Waals surface area contributed by atoms with Crippen LogP contribution in [0.25, 0.3) is 0 Å². The van der Waals surface area contributed by atoms with Crippen LogP contribution in [0.5, 0.6) is 0 Å². The van der Waals surface area contributed by atoms with Crippen LogP contribution in [0, 0.1) is 0 Å². The minimum absolute atomic E-state index is 0.677. The Morgan fingerprint density at radius 1 is 1.83 bits per heavy atom. The molecule has 1 N–H and O–H groups in total. The fourth-order valence-electron chi connectivity index (χ4n) is 0.293. The fraction of sp³-hybridized carbons (Fsp3) is 0.250. The molecular formula is C4H5N2. The molecule has 0 aliphatic carbocycles. The molecule has 0 amide bonds. The highest BCUT2D eigenvalue weighted by Crippen LogP contribution is 1.71. The average Bonchev–Trinajstić information content (AvgIpc) is 1.72. The van der Waals surface area contributed by atoms with E-state index in [1.54, 1.807) is 6.08 Å². The predicted octanol–water partition coefficient (Wildman–Crippen LogP) is 0.00860. The van der Waals surface area contributed by atoms with Crippen molar-refractivity contribution >= 4 is 6.21 Å². The Labute approximate surface area is 36.6 Å². The topological polar surface area (TPSA) is 24.4 Å². The molecule has 0 saturated carbocycles. The molecule has 31 valence electrons. The second-order valence-corrected chi connectivity index (χ2v) is 0.983. The monoisotopic (exact) mass is 81.0 g/mol. The quantitative estimate of drug-likeness (QED) is 0.436. The molecule has 0 atom stereocenters. The van der Waals surface area contributed by atoms with E-state index in [4.69, 9.17) is 0 Å². The molecule has 0 aromatic rings. The van der Waals surface area contributed by atoms with Gasteiger partial charge in [0.1, 0.15) is 6.67 Å². The first-order chi connectivity index (χ1) is 3.00. The smallest absolute Gasteiger partial charge is 0.108 e. The van der Waals surface area contributed by atoms with Crippen LogP contribution in [0.1, 0.15) is 0 Å². The summed E-state index contributed by atoms with van der Waals surface area (Å²) in [7, 11) is 0. The molecule has 0 aromatic carbocycles. The van der Waals surface area contributed by atoms with Crippen LogP contribution in [0.15, 0.2) is 17.3 Å². The molecular weight excluding hydrogens is 76.1 g/mol. The van der Waals surface area contributed by atoms with Crippen molar-refractivity contribution in [2.75, 3.05) is 6.67 Å². The summed E-state index contributed by atoms with van der Waals surface area (Å²) < 4.78 is 0. The van der Waals surface area contributed by atoms with Crippen molar-refractivity contribution in [3.05, 3.63) is 12.3 Å². The van der Waals surface area contributed by atoms with Crippen LogP contribution in [0.4, 0.5) is 0 Å². The molecule has 0 bridgehead atoms. The highest BCUT2D eigenvalue weighted by atomic mass is 15.0. The second kappa shape index (κ2) is 1.60. The standard InChI is InChI=1S/C4H5N2/c1-2-5-4-6-3-1/h1-2,5H,4H2. The molecule has 6 heavy (non-hydrogen) atoms. The lowest BCUT2D eigenvalue weighted by atomic mass is 10.6. The molecule has 1 rings (SSSR count).